The number of hydrogen-bond acceptors (Lipinski definition) is 4. The van der Waals surface area contributed by atoms with Gasteiger partial charge in [0.05, 0.1) is 17.7 Å². The van der Waals surface area contributed by atoms with Gasteiger partial charge in [-0.2, -0.15) is 5.10 Å². The molecule has 102 valence electrons. The largest absolute Gasteiger partial charge is 0.272 e. The number of nitrogens with zero attached hydrogens (tertiary/aromatic N) is 2. The van der Waals surface area contributed by atoms with Gasteiger partial charge in [-0.3, -0.25) is 9.78 Å². The van der Waals surface area contributed by atoms with E-state index in [0.29, 0.717) is 11.4 Å². The number of rotatable bonds is 6. The van der Waals surface area contributed by atoms with E-state index >= 15 is 0 Å². The van der Waals surface area contributed by atoms with Crippen LogP contribution in [0.4, 0.5) is 0 Å². The van der Waals surface area contributed by atoms with Crippen molar-refractivity contribution in [2.75, 3.05) is 5.75 Å². The van der Waals surface area contributed by atoms with Crippen molar-refractivity contribution in [2.24, 2.45) is 5.10 Å². The smallest absolute Gasteiger partial charge is 0.250 e. The molecule has 20 heavy (non-hydrogen) atoms. The zero-order valence-corrected chi connectivity index (χ0v) is 11.7. The van der Waals surface area contributed by atoms with Gasteiger partial charge in [-0.1, -0.05) is 36.4 Å². The molecule has 1 amide bonds. The number of hydrazone groups is 1. The third-order valence-electron chi connectivity index (χ3n) is 2.42. The number of carbonyl (C=O) groups is 1. The number of pyridine rings is 1. The van der Waals surface area contributed by atoms with Gasteiger partial charge in [0.25, 0.3) is 0 Å². The highest BCUT2D eigenvalue weighted by Gasteiger charge is 2.00. The molecule has 0 atom stereocenters. The van der Waals surface area contributed by atoms with E-state index in [1.807, 2.05) is 48.5 Å². The molecule has 1 aromatic heterocycles. The van der Waals surface area contributed by atoms with Gasteiger partial charge >= 0.3 is 0 Å². The first-order valence-corrected chi connectivity index (χ1v) is 7.34. The lowest BCUT2D eigenvalue weighted by Gasteiger charge is -2.01. The Kier molecular flexibility index (Phi) is 5.79. The van der Waals surface area contributed by atoms with Gasteiger partial charge in [-0.05, 0) is 17.7 Å². The highest BCUT2D eigenvalue weighted by molar-refractivity contribution is 7.99. The van der Waals surface area contributed by atoms with Crippen LogP contribution in [0.1, 0.15) is 11.3 Å². The predicted octanol–water partition coefficient (Wildman–Crippen LogP) is 2.47. The van der Waals surface area contributed by atoms with Crippen LogP contribution in [-0.4, -0.2) is 22.9 Å². The minimum absolute atomic E-state index is 0.113. The van der Waals surface area contributed by atoms with Gasteiger partial charge in [-0.25, -0.2) is 5.43 Å². The predicted molar refractivity (Wildman–Crippen MR) is 82.6 cm³/mol. The third-order valence-corrected chi connectivity index (χ3v) is 3.42. The summed E-state index contributed by atoms with van der Waals surface area (Å²) < 4.78 is 0. The van der Waals surface area contributed by atoms with Crippen LogP contribution in [0.3, 0.4) is 0 Å². The summed E-state index contributed by atoms with van der Waals surface area (Å²) in [6.45, 7) is 0. The van der Waals surface area contributed by atoms with Gasteiger partial charge in [-0.15, -0.1) is 11.8 Å². The summed E-state index contributed by atoms with van der Waals surface area (Å²) in [5.74, 6) is 1.09. The van der Waals surface area contributed by atoms with Crippen LogP contribution >= 0.6 is 11.8 Å². The van der Waals surface area contributed by atoms with Gasteiger partial charge in [0, 0.05) is 11.9 Å². The van der Waals surface area contributed by atoms with Crippen molar-refractivity contribution in [3.8, 4) is 0 Å². The highest BCUT2D eigenvalue weighted by Crippen LogP contribution is 2.10. The van der Waals surface area contributed by atoms with Crippen molar-refractivity contribution >= 4 is 23.9 Å². The molecule has 0 fully saturated rings. The molecule has 1 N–H and O–H groups in total. The first-order chi connectivity index (χ1) is 9.84. The van der Waals surface area contributed by atoms with Gasteiger partial charge < -0.3 is 0 Å². The van der Waals surface area contributed by atoms with Crippen LogP contribution in [0.25, 0.3) is 0 Å². The highest BCUT2D eigenvalue weighted by atomic mass is 32.2. The van der Waals surface area contributed by atoms with Crippen LogP contribution in [0.2, 0.25) is 0 Å². The van der Waals surface area contributed by atoms with E-state index < -0.39 is 0 Å². The molecule has 0 aliphatic carbocycles. The quantitative estimate of drug-likeness (QED) is 0.655. The van der Waals surface area contributed by atoms with E-state index in [4.69, 9.17) is 0 Å². The van der Waals surface area contributed by atoms with E-state index in [1.165, 1.54) is 11.8 Å². The van der Waals surface area contributed by atoms with Gasteiger partial charge in [0.1, 0.15) is 0 Å². The number of carbonyl (C=O) groups excluding carboxylic acids is 1. The van der Waals surface area contributed by atoms with Crippen LogP contribution in [0, 0.1) is 0 Å². The molecule has 0 aliphatic rings. The fraction of sp³-hybridized carbons (Fsp3) is 0.133. The average Bonchev–Trinajstić information content (AvgIpc) is 2.49. The van der Waals surface area contributed by atoms with E-state index in [-0.39, 0.29) is 5.91 Å². The van der Waals surface area contributed by atoms with Gasteiger partial charge in [0.15, 0.2) is 0 Å². The Labute approximate surface area is 122 Å². The van der Waals surface area contributed by atoms with Crippen LogP contribution in [0.15, 0.2) is 59.8 Å². The molecule has 1 heterocycles. The maximum Gasteiger partial charge on any atom is 0.250 e. The van der Waals surface area contributed by atoms with E-state index in [9.17, 15) is 4.79 Å². The second-order valence-corrected chi connectivity index (χ2v) is 5.01. The Morgan fingerprint density at radius 1 is 1.20 bits per heavy atom. The first-order valence-electron chi connectivity index (χ1n) is 6.19. The van der Waals surface area contributed by atoms with E-state index in [0.717, 1.165) is 5.75 Å². The Balaban J connectivity index is 1.67. The summed E-state index contributed by atoms with van der Waals surface area (Å²) in [6.07, 6.45) is 3.21. The Morgan fingerprint density at radius 3 is 2.75 bits per heavy atom. The molecule has 2 aromatic rings. The van der Waals surface area contributed by atoms with Crippen LogP contribution < -0.4 is 5.43 Å². The molecular formula is C15H15N3OS. The lowest BCUT2D eigenvalue weighted by Crippen LogP contribution is -2.19. The molecule has 0 radical (unpaired) electrons. The Morgan fingerprint density at radius 2 is 2.00 bits per heavy atom. The maximum atomic E-state index is 11.6. The van der Waals surface area contributed by atoms with Crippen molar-refractivity contribution in [3.05, 3.63) is 66.0 Å². The molecule has 0 unspecified atom stereocenters. The number of nitrogens with one attached hydrogen (secondary N) is 1. The molecule has 0 saturated heterocycles. The molecular weight excluding hydrogens is 270 g/mol. The lowest BCUT2D eigenvalue weighted by atomic mass is 10.2. The summed E-state index contributed by atoms with van der Waals surface area (Å²) >= 11 is 1.56. The zero-order chi connectivity index (χ0) is 14.0. The fourth-order valence-electron chi connectivity index (χ4n) is 1.49. The van der Waals surface area contributed by atoms with Crippen molar-refractivity contribution in [2.45, 2.75) is 5.75 Å². The van der Waals surface area contributed by atoms with Crippen molar-refractivity contribution in [1.82, 2.24) is 10.4 Å². The topological polar surface area (TPSA) is 54.4 Å². The third kappa shape index (κ3) is 5.24. The number of hydrogen-bond donors (Lipinski definition) is 1. The summed E-state index contributed by atoms with van der Waals surface area (Å²) in [5, 5.41) is 3.87. The maximum absolute atomic E-state index is 11.6. The summed E-state index contributed by atoms with van der Waals surface area (Å²) in [6, 6.07) is 15.6. The van der Waals surface area contributed by atoms with Crippen molar-refractivity contribution in [1.29, 1.82) is 0 Å². The van der Waals surface area contributed by atoms with Crippen molar-refractivity contribution < 1.29 is 4.79 Å². The molecule has 0 bridgehead atoms. The van der Waals surface area contributed by atoms with Crippen LogP contribution in [0.5, 0.6) is 0 Å². The van der Waals surface area contributed by atoms with Gasteiger partial charge in [0.2, 0.25) is 5.91 Å². The Hall–Kier alpha value is -2.14. The van der Waals surface area contributed by atoms with E-state index in [2.05, 4.69) is 15.5 Å². The number of aromatic nitrogens is 1. The number of thioether (sulfide) groups is 1. The van der Waals surface area contributed by atoms with Crippen LogP contribution in [-0.2, 0) is 10.5 Å². The lowest BCUT2D eigenvalue weighted by molar-refractivity contribution is -0.118. The SMILES string of the molecule is O=C(CSCc1ccccc1)N/N=C/c1ccccn1. The average molecular weight is 285 g/mol. The second kappa shape index (κ2) is 8.12. The van der Waals surface area contributed by atoms with E-state index in [1.54, 1.807) is 18.0 Å². The van der Waals surface area contributed by atoms with Crippen molar-refractivity contribution in [3.63, 3.8) is 0 Å². The monoisotopic (exact) mass is 285 g/mol. The Bertz CT molecular complexity index is 558. The first kappa shape index (κ1) is 14.3. The molecule has 2 rings (SSSR count). The normalized spacial score (nSPS) is 10.6. The second-order valence-electron chi connectivity index (χ2n) is 4.03. The molecule has 1 aromatic carbocycles. The standard InChI is InChI=1S/C15H15N3OS/c19-15(12-20-11-13-6-2-1-3-7-13)18-17-10-14-8-4-5-9-16-14/h1-10H,11-12H2,(H,18,19)/b17-10+. The fourth-order valence-corrected chi connectivity index (χ4v) is 2.27. The molecule has 5 heteroatoms. The molecule has 0 aliphatic heterocycles. The minimum atomic E-state index is -0.113. The zero-order valence-electron chi connectivity index (χ0n) is 10.9. The molecule has 0 spiro atoms. The summed E-state index contributed by atoms with van der Waals surface area (Å²) in [5.41, 5.74) is 4.41. The molecule has 4 nitrogen and oxygen atoms in total. The minimum Gasteiger partial charge on any atom is -0.272 e. The number of amides is 1. The molecule has 0 saturated carbocycles. The summed E-state index contributed by atoms with van der Waals surface area (Å²) in [7, 11) is 0. The number of benzene rings is 1. The summed E-state index contributed by atoms with van der Waals surface area (Å²) in [4.78, 5) is 15.6.